The predicted molar refractivity (Wildman–Crippen MR) is 76.9 cm³/mol. The van der Waals surface area contributed by atoms with E-state index in [1.165, 1.54) is 0 Å². The lowest BCUT2D eigenvalue weighted by molar-refractivity contribution is -0.122. The van der Waals surface area contributed by atoms with Crippen molar-refractivity contribution in [2.24, 2.45) is 5.92 Å². The van der Waals surface area contributed by atoms with Gasteiger partial charge in [-0.15, -0.1) is 0 Å². The monoisotopic (exact) mass is 301 g/mol. The first-order valence-electron chi connectivity index (χ1n) is 6.39. The smallest absolute Gasteiger partial charge is 0.144 e. The summed E-state index contributed by atoms with van der Waals surface area (Å²) in [5.41, 5.74) is 0.779. The zero-order chi connectivity index (χ0) is 13.8. The number of rotatable bonds is 5. The van der Waals surface area contributed by atoms with Crippen LogP contribution in [0.5, 0.6) is 0 Å². The van der Waals surface area contributed by atoms with Crippen molar-refractivity contribution in [1.82, 2.24) is 5.32 Å². The van der Waals surface area contributed by atoms with Gasteiger partial charge in [-0.3, -0.25) is 4.79 Å². The van der Waals surface area contributed by atoms with Gasteiger partial charge in [-0.25, -0.2) is 0 Å². The molecule has 104 valence electrons. The van der Waals surface area contributed by atoms with Crippen molar-refractivity contribution >= 4 is 29.0 Å². The van der Waals surface area contributed by atoms with Crippen LogP contribution in [0.2, 0.25) is 10.0 Å². The van der Waals surface area contributed by atoms with Crippen LogP contribution < -0.4 is 5.32 Å². The molecule has 1 N–H and O–H groups in total. The van der Waals surface area contributed by atoms with Crippen LogP contribution in [-0.4, -0.2) is 31.6 Å². The van der Waals surface area contributed by atoms with Gasteiger partial charge in [0.2, 0.25) is 0 Å². The summed E-state index contributed by atoms with van der Waals surface area (Å²) >= 11 is 12.0. The normalized spacial score (nSPS) is 22.7. The minimum absolute atomic E-state index is 0.102. The molecule has 1 aliphatic rings. The predicted octanol–water partition coefficient (Wildman–Crippen LogP) is 2.73. The molecule has 1 saturated heterocycles. The number of benzene rings is 1. The molecule has 1 aliphatic heterocycles. The Morgan fingerprint density at radius 3 is 2.95 bits per heavy atom. The molecule has 0 saturated carbocycles. The van der Waals surface area contributed by atoms with Crippen molar-refractivity contribution in [1.29, 1.82) is 0 Å². The first-order chi connectivity index (χ1) is 9.11. The third kappa shape index (κ3) is 3.69. The lowest BCUT2D eigenvalue weighted by Crippen LogP contribution is -2.39. The van der Waals surface area contributed by atoms with E-state index >= 15 is 0 Å². The van der Waals surface area contributed by atoms with Gasteiger partial charge in [0.15, 0.2) is 0 Å². The number of ether oxygens (including phenoxy) is 1. The first-order valence-corrected chi connectivity index (χ1v) is 7.15. The fourth-order valence-electron chi connectivity index (χ4n) is 2.33. The summed E-state index contributed by atoms with van der Waals surface area (Å²) in [4.78, 5) is 12.3. The molecule has 19 heavy (non-hydrogen) atoms. The molecule has 0 amide bonds. The molecular formula is C14H17Cl2NO2. The van der Waals surface area contributed by atoms with Crippen LogP contribution in [0.25, 0.3) is 0 Å². The Bertz CT molecular complexity index is 465. The summed E-state index contributed by atoms with van der Waals surface area (Å²) in [5.74, 6) is 0.0441. The average Bonchev–Trinajstić information content (AvgIpc) is 2.82. The molecule has 1 fully saturated rings. The molecule has 3 nitrogen and oxygen atoms in total. The largest absolute Gasteiger partial charge is 0.379 e. The molecule has 5 heteroatoms. The number of hydrogen-bond donors (Lipinski definition) is 1. The number of nitrogens with one attached hydrogen (secondary N) is 1. The molecule has 2 unspecified atom stereocenters. The van der Waals surface area contributed by atoms with E-state index in [1.54, 1.807) is 18.2 Å². The minimum Gasteiger partial charge on any atom is -0.379 e. The highest BCUT2D eigenvalue weighted by Gasteiger charge is 2.33. The van der Waals surface area contributed by atoms with Gasteiger partial charge in [0.1, 0.15) is 5.78 Å². The molecule has 0 aliphatic carbocycles. The summed E-state index contributed by atoms with van der Waals surface area (Å²) in [6.45, 7) is 3.92. The van der Waals surface area contributed by atoms with Crippen molar-refractivity contribution in [3.8, 4) is 0 Å². The van der Waals surface area contributed by atoms with E-state index in [4.69, 9.17) is 27.9 Å². The Balaban J connectivity index is 2.06. The topological polar surface area (TPSA) is 38.3 Å². The number of Topliss-reactive ketones (excluding diaryl/α,β-unsaturated/α-hetero) is 1. The molecule has 2 atom stereocenters. The van der Waals surface area contributed by atoms with E-state index in [0.29, 0.717) is 29.7 Å². The second-order valence-electron chi connectivity index (χ2n) is 4.69. The number of halogens is 2. The van der Waals surface area contributed by atoms with Gasteiger partial charge in [-0.2, -0.15) is 0 Å². The van der Waals surface area contributed by atoms with E-state index in [9.17, 15) is 4.79 Å². The molecule has 1 aromatic carbocycles. The van der Waals surface area contributed by atoms with E-state index in [2.05, 4.69) is 5.32 Å². The molecule has 0 spiro atoms. The van der Waals surface area contributed by atoms with Gasteiger partial charge in [-0.05, 0) is 30.3 Å². The van der Waals surface area contributed by atoms with Crippen LogP contribution in [0.1, 0.15) is 12.5 Å². The molecule has 0 bridgehead atoms. The fraction of sp³-hybridized carbons (Fsp3) is 0.500. The number of likely N-dealkylation sites (N-methyl/N-ethyl adjacent to an activating group) is 1. The zero-order valence-electron chi connectivity index (χ0n) is 10.8. The van der Waals surface area contributed by atoms with Gasteiger partial charge >= 0.3 is 0 Å². The van der Waals surface area contributed by atoms with Gasteiger partial charge in [0.25, 0.3) is 0 Å². The Morgan fingerprint density at radius 1 is 1.42 bits per heavy atom. The Kier molecular flexibility index (Phi) is 5.22. The SMILES string of the molecule is CCNC1COCC1C(=O)Cc1cc(Cl)ccc1Cl. The van der Waals surface area contributed by atoms with Crippen molar-refractivity contribution in [3.63, 3.8) is 0 Å². The lowest BCUT2D eigenvalue weighted by Gasteiger charge is -2.17. The van der Waals surface area contributed by atoms with Crippen LogP contribution in [-0.2, 0) is 16.0 Å². The molecule has 0 radical (unpaired) electrons. The standard InChI is InChI=1S/C14H17Cl2NO2/c1-2-17-13-8-19-7-11(13)14(18)6-9-5-10(15)3-4-12(9)16/h3-5,11,13,17H,2,6-8H2,1H3. The van der Waals surface area contributed by atoms with Gasteiger partial charge in [0.05, 0.1) is 19.1 Å². The quantitative estimate of drug-likeness (QED) is 0.909. The second-order valence-corrected chi connectivity index (χ2v) is 5.53. The van der Waals surface area contributed by atoms with E-state index in [0.717, 1.165) is 12.1 Å². The maximum Gasteiger partial charge on any atom is 0.144 e. The maximum atomic E-state index is 12.3. The number of ketones is 1. The van der Waals surface area contributed by atoms with Crippen LogP contribution in [0.4, 0.5) is 0 Å². The van der Waals surface area contributed by atoms with Crippen molar-refractivity contribution in [2.75, 3.05) is 19.8 Å². The van der Waals surface area contributed by atoms with Gasteiger partial charge < -0.3 is 10.1 Å². The van der Waals surface area contributed by atoms with Crippen LogP contribution in [0.3, 0.4) is 0 Å². The summed E-state index contributed by atoms with van der Waals surface area (Å²) in [6.07, 6.45) is 0.301. The van der Waals surface area contributed by atoms with Crippen LogP contribution in [0.15, 0.2) is 18.2 Å². The van der Waals surface area contributed by atoms with E-state index in [1.807, 2.05) is 6.92 Å². The van der Waals surface area contributed by atoms with Crippen LogP contribution >= 0.6 is 23.2 Å². The minimum atomic E-state index is -0.102. The zero-order valence-corrected chi connectivity index (χ0v) is 12.3. The third-order valence-electron chi connectivity index (χ3n) is 3.33. The van der Waals surface area contributed by atoms with Gasteiger partial charge in [-0.1, -0.05) is 30.1 Å². The van der Waals surface area contributed by atoms with E-state index in [-0.39, 0.29) is 17.7 Å². The third-order valence-corrected chi connectivity index (χ3v) is 3.94. The molecule has 2 rings (SSSR count). The van der Waals surface area contributed by atoms with Crippen molar-refractivity contribution in [3.05, 3.63) is 33.8 Å². The van der Waals surface area contributed by atoms with Gasteiger partial charge in [0, 0.05) is 22.5 Å². The first kappa shape index (κ1) is 14.8. The molecular weight excluding hydrogens is 285 g/mol. The highest BCUT2D eigenvalue weighted by Crippen LogP contribution is 2.24. The lowest BCUT2D eigenvalue weighted by atomic mass is 9.93. The Labute approximate surface area is 123 Å². The van der Waals surface area contributed by atoms with Crippen LogP contribution in [0, 0.1) is 5.92 Å². The Hall–Kier alpha value is -0.610. The number of hydrogen-bond acceptors (Lipinski definition) is 3. The summed E-state index contributed by atoms with van der Waals surface area (Å²) in [6, 6.07) is 5.30. The maximum absolute atomic E-state index is 12.3. The summed E-state index contributed by atoms with van der Waals surface area (Å²) in [5, 5.41) is 4.46. The Morgan fingerprint density at radius 2 is 2.21 bits per heavy atom. The summed E-state index contributed by atoms with van der Waals surface area (Å²) in [7, 11) is 0. The summed E-state index contributed by atoms with van der Waals surface area (Å²) < 4.78 is 5.39. The fourth-order valence-corrected chi connectivity index (χ4v) is 2.71. The van der Waals surface area contributed by atoms with E-state index < -0.39 is 0 Å². The molecule has 1 aromatic rings. The van der Waals surface area contributed by atoms with Crippen molar-refractivity contribution < 1.29 is 9.53 Å². The molecule has 0 aromatic heterocycles. The van der Waals surface area contributed by atoms with Crippen molar-refractivity contribution in [2.45, 2.75) is 19.4 Å². The molecule has 1 heterocycles. The highest BCUT2D eigenvalue weighted by atomic mass is 35.5. The number of carbonyl (C=O) groups excluding carboxylic acids is 1. The highest BCUT2D eigenvalue weighted by molar-refractivity contribution is 6.33. The average molecular weight is 302 g/mol. The second kappa shape index (κ2) is 6.71. The number of carbonyl (C=O) groups is 1.